The summed E-state index contributed by atoms with van der Waals surface area (Å²) in [5.74, 6) is -2.02. The summed E-state index contributed by atoms with van der Waals surface area (Å²) in [5, 5.41) is 35.1. The van der Waals surface area contributed by atoms with Crippen LogP contribution in [0.1, 0.15) is 11.9 Å². The Bertz CT molecular complexity index is 1110. The van der Waals surface area contributed by atoms with Gasteiger partial charge in [0.1, 0.15) is 27.6 Å². The van der Waals surface area contributed by atoms with E-state index in [1.54, 1.807) is 12.1 Å². The standard InChI is InChI=1S/C19H20N6O6S2/c1-9(26)21-18-24-23-16(33-18)19(17(30)31)7-25-14(29)13(15(25)32-8-19)22-12(28)6-20-10-2-4-11(27)5-3-10/h2-5,13,15,20,27H,6-8H2,1H3,(H,22,28)(H,30,31)(H,21,24,26)/t13?,15-,19?/m1/s1. The molecule has 4 rings (SSSR count). The molecule has 1 aromatic heterocycles. The SMILES string of the molecule is CC(=O)Nc1nnc(C2(C(=O)O)CS[C@@H]3C(NC(=O)CNc4ccc(O)cc4)C(=O)N3C2)s1. The molecular formula is C19H20N6O6S2. The van der Waals surface area contributed by atoms with Crippen molar-refractivity contribution in [1.82, 2.24) is 20.4 Å². The Morgan fingerprint density at radius 3 is 2.64 bits per heavy atom. The molecule has 0 spiro atoms. The predicted molar refractivity (Wildman–Crippen MR) is 120 cm³/mol. The van der Waals surface area contributed by atoms with Gasteiger partial charge in [0, 0.05) is 24.9 Å². The monoisotopic (exact) mass is 492 g/mol. The highest BCUT2D eigenvalue weighted by molar-refractivity contribution is 8.00. The van der Waals surface area contributed by atoms with Gasteiger partial charge in [0.15, 0.2) is 0 Å². The number of aliphatic carboxylic acids is 1. The number of carbonyl (C=O) groups excluding carboxylic acids is 3. The molecule has 2 aromatic rings. The summed E-state index contributed by atoms with van der Waals surface area (Å²) in [7, 11) is 0. The van der Waals surface area contributed by atoms with E-state index in [1.807, 2.05) is 0 Å². The Labute approximate surface area is 195 Å². The lowest BCUT2D eigenvalue weighted by molar-refractivity contribution is -0.154. The van der Waals surface area contributed by atoms with Gasteiger partial charge in [0.2, 0.25) is 22.9 Å². The van der Waals surface area contributed by atoms with Gasteiger partial charge in [0.25, 0.3) is 0 Å². The molecule has 0 radical (unpaired) electrons. The number of hydrogen-bond acceptors (Lipinski definition) is 10. The van der Waals surface area contributed by atoms with Crippen molar-refractivity contribution in [2.75, 3.05) is 29.5 Å². The summed E-state index contributed by atoms with van der Waals surface area (Å²) in [5.41, 5.74) is -0.820. The van der Waals surface area contributed by atoms with Crippen LogP contribution in [0.3, 0.4) is 0 Å². The van der Waals surface area contributed by atoms with Crippen molar-refractivity contribution < 1.29 is 29.4 Å². The summed E-state index contributed by atoms with van der Waals surface area (Å²) < 4.78 is 0. The first-order valence-electron chi connectivity index (χ1n) is 9.79. The first-order valence-corrected chi connectivity index (χ1v) is 11.7. The van der Waals surface area contributed by atoms with Crippen LogP contribution in [-0.4, -0.2) is 79.3 Å². The van der Waals surface area contributed by atoms with Crippen LogP contribution in [-0.2, 0) is 24.6 Å². The number of rotatable bonds is 7. The van der Waals surface area contributed by atoms with Gasteiger partial charge in [-0.05, 0) is 24.3 Å². The number of amides is 3. The third-order valence-corrected chi connectivity index (χ3v) is 7.82. The first-order chi connectivity index (χ1) is 15.7. The molecule has 14 heteroatoms. The number of hydrogen-bond donors (Lipinski definition) is 5. The van der Waals surface area contributed by atoms with Crippen LogP contribution in [0.5, 0.6) is 5.75 Å². The van der Waals surface area contributed by atoms with E-state index in [0.29, 0.717) is 5.69 Å². The fourth-order valence-electron chi connectivity index (χ4n) is 3.53. The minimum Gasteiger partial charge on any atom is -0.508 e. The van der Waals surface area contributed by atoms with Gasteiger partial charge in [0.05, 0.1) is 6.54 Å². The molecule has 0 saturated carbocycles. The Hall–Kier alpha value is -3.39. The summed E-state index contributed by atoms with van der Waals surface area (Å²) in [6.45, 7) is 1.13. The lowest BCUT2D eigenvalue weighted by atomic mass is 9.88. The van der Waals surface area contributed by atoms with Crippen LogP contribution in [0.15, 0.2) is 24.3 Å². The van der Waals surface area contributed by atoms with Crippen molar-refractivity contribution in [1.29, 1.82) is 0 Å². The van der Waals surface area contributed by atoms with E-state index in [9.17, 15) is 29.4 Å². The van der Waals surface area contributed by atoms with E-state index in [1.165, 1.54) is 35.7 Å². The molecule has 0 aliphatic carbocycles. The second-order valence-electron chi connectivity index (χ2n) is 7.59. The fourth-order valence-corrected chi connectivity index (χ4v) is 6.12. The molecule has 3 heterocycles. The molecule has 3 atom stereocenters. The van der Waals surface area contributed by atoms with Crippen molar-refractivity contribution in [3.63, 3.8) is 0 Å². The molecule has 2 aliphatic heterocycles. The van der Waals surface area contributed by atoms with Crippen molar-refractivity contribution in [3.05, 3.63) is 29.3 Å². The number of β-lactam (4-membered cyclic amide) rings is 1. The minimum atomic E-state index is -1.46. The third-order valence-electron chi connectivity index (χ3n) is 5.25. The Morgan fingerprint density at radius 1 is 1.24 bits per heavy atom. The Balaban J connectivity index is 1.38. The fraction of sp³-hybridized carbons (Fsp3) is 0.368. The van der Waals surface area contributed by atoms with Crippen molar-refractivity contribution >= 4 is 57.6 Å². The number of phenolic OH excluding ortho intramolecular Hbond substituents is 1. The smallest absolute Gasteiger partial charge is 0.319 e. The molecule has 2 unspecified atom stereocenters. The van der Waals surface area contributed by atoms with Crippen LogP contribution in [0.25, 0.3) is 0 Å². The summed E-state index contributed by atoms with van der Waals surface area (Å²) >= 11 is 2.21. The number of nitrogens with one attached hydrogen (secondary N) is 3. The maximum Gasteiger partial charge on any atom is 0.319 e. The molecule has 33 heavy (non-hydrogen) atoms. The molecule has 3 amide bonds. The maximum absolute atomic E-state index is 12.7. The zero-order valence-corrected chi connectivity index (χ0v) is 18.9. The van der Waals surface area contributed by atoms with Crippen LogP contribution in [0, 0.1) is 0 Å². The molecule has 2 aliphatic rings. The van der Waals surface area contributed by atoms with Crippen LogP contribution < -0.4 is 16.0 Å². The zero-order chi connectivity index (χ0) is 23.8. The molecule has 174 valence electrons. The van der Waals surface area contributed by atoms with Gasteiger partial charge >= 0.3 is 5.97 Å². The highest BCUT2D eigenvalue weighted by Crippen LogP contribution is 2.44. The van der Waals surface area contributed by atoms with E-state index in [2.05, 4.69) is 26.1 Å². The van der Waals surface area contributed by atoms with Gasteiger partial charge in [-0.2, -0.15) is 0 Å². The Morgan fingerprint density at radius 2 is 1.97 bits per heavy atom. The summed E-state index contributed by atoms with van der Waals surface area (Å²) in [6.07, 6.45) is 0. The van der Waals surface area contributed by atoms with Crippen LogP contribution >= 0.6 is 23.1 Å². The third kappa shape index (κ3) is 4.43. The van der Waals surface area contributed by atoms with Crippen LogP contribution in [0.4, 0.5) is 10.8 Å². The highest BCUT2D eigenvalue weighted by Gasteiger charge is 2.59. The normalized spacial score (nSPS) is 23.8. The lowest BCUT2D eigenvalue weighted by Gasteiger charge is -2.53. The largest absolute Gasteiger partial charge is 0.508 e. The molecule has 5 N–H and O–H groups in total. The number of carbonyl (C=O) groups is 4. The molecule has 0 bridgehead atoms. The average Bonchev–Trinajstić information content (AvgIpc) is 3.24. The van der Waals surface area contributed by atoms with Gasteiger partial charge in [-0.1, -0.05) is 11.3 Å². The van der Waals surface area contributed by atoms with Crippen LogP contribution in [0.2, 0.25) is 0 Å². The van der Waals surface area contributed by atoms with E-state index in [-0.39, 0.29) is 57.8 Å². The van der Waals surface area contributed by atoms with E-state index in [0.717, 1.165) is 11.3 Å². The van der Waals surface area contributed by atoms with Gasteiger partial charge in [-0.15, -0.1) is 22.0 Å². The van der Waals surface area contributed by atoms with Gasteiger partial charge in [-0.3, -0.25) is 19.2 Å². The number of thioether (sulfide) groups is 1. The van der Waals surface area contributed by atoms with Gasteiger partial charge in [-0.25, -0.2) is 0 Å². The number of fused-ring (bicyclic) bond motifs is 1. The first kappa shape index (κ1) is 22.8. The molecular weight excluding hydrogens is 472 g/mol. The molecule has 2 saturated heterocycles. The van der Waals surface area contributed by atoms with Crippen molar-refractivity contribution in [2.45, 2.75) is 23.8 Å². The van der Waals surface area contributed by atoms with Gasteiger partial charge < -0.3 is 31.1 Å². The molecule has 2 fully saturated rings. The lowest BCUT2D eigenvalue weighted by Crippen LogP contribution is -2.74. The second kappa shape index (κ2) is 8.86. The average molecular weight is 493 g/mol. The quantitative estimate of drug-likeness (QED) is 0.262. The molecule has 1 aromatic carbocycles. The van der Waals surface area contributed by atoms with Crippen molar-refractivity contribution in [3.8, 4) is 5.75 Å². The topological polar surface area (TPSA) is 174 Å². The number of benzene rings is 1. The number of carboxylic acid groups (broad SMARTS) is 1. The number of anilines is 2. The molecule has 12 nitrogen and oxygen atoms in total. The Kier molecular flexibility index (Phi) is 6.12. The van der Waals surface area contributed by atoms with E-state index >= 15 is 0 Å². The predicted octanol–water partition coefficient (Wildman–Crippen LogP) is 0.0365. The van der Waals surface area contributed by atoms with E-state index in [4.69, 9.17) is 0 Å². The highest BCUT2D eigenvalue weighted by atomic mass is 32.2. The number of nitrogens with zero attached hydrogens (tertiary/aromatic N) is 3. The summed E-state index contributed by atoms with van der Waals surface area (Å²) in [6, 6.07) is 5.45. The maximum atomic E-state index is 12.7. The number of carboxylic acids is 1. The zero-order valence-electron chi connectivity index (χ0n) is 17.3. The number of aromatic hydroxyl groups is 1. The number of aromatic nitrogens is 2. The number of phenols is 1. The minimum absolute atomic E-state index is 0.0677. The van der Waals surface area contributed by atoms with E-state index < -0.39 is 17.4 Å². The van der Waals surface area contributed by atoms with Crippen molar-refractivity contribution in [2.24, 2.45) is 0 Å². The second-order valence-corrected chi connectivity index (χ2v) is 9.68. The summed E-state index contributed by atoms with van der Waals surface area (Å²) in [4.78, 5) is 49.9.